The Kier molecular flexibility index (Phi) is 8.33. The van der Waals surface area contributed by atoms with E-state index in [0.717, 1.165) is 25.9 Å². The molecule has 0 aliphatic heterocycles. The van der Waals surface area contributed by atoms with Gasteiger partial charge in [-0.2, -0.15) is 0 Å². The molecular weight excluding hydrogens is 192 g/mol. The minimum absolute atomic E-state index is 0.0406. The maximum Gasteiger partial charge on any atom is 0.236 e. The molecule has 4 heteroatoms. The van der Waals surface area contributed by atoms with Crippen molar-refractivity contribution in [3.8, 4) is 0 Å². The number of hydrogen-bond acceptors (Lipinski definition) is 3. The molecule has 0 aromatic carbocycles. The van der Waals surface area contributed by atoms with Gasteiger partial charge in [-0.15, -0.1) is 0 Å². The SMILES string of the molecule is COCCCCNC(=O)[C@@H](N)CC(C)C. The lowest BCUT2D eigenvalue weighted by Crippen LogP contribution is -2.41. The van der Waals surface area contributed by atoms with E-state index in [1.54, 1.807) is 7.11 Å². The summed E-state index contributed by atoms with van der Waals surface area (Å²) < 4.78 is 4.91. The number of amides is 1. The van der Waals surface area contributed by atoms with Crippen molar-refractivity contribution in [1.82, 2.24) is 5.32 Å². The molecule has 0 bridgehead atoms. The van der Waals surface area contributed by atoms with E-state index in [1.165, 1.54) is 0 Å². The second kappa shape index (κ2) is 8.68. The highest BCUT2D eigenvalue weighted by molar-refractivity contribution is 5.81. The minimum atomic E-state index is -0.368. The van der Waals surface area contributed by atoms with Gasteiger partial charge in [0.25, 0.3) is 0 Å². The molecule has 0 spiro atoms. The smallest absolute Gasteiger partial charge is 0.236 e. The van der Waals surface area contributed by atoms with E-state index in [2.05, 4.69) is 19.2 Å². The number of ether oxygens (including phenoxy) is 1. The number of unbranched alkanes of at least 4 members (excludes halogenated alkanes) is 1. The van der Waals surface area contributed by atoms with Crippen molar-refractivity contribution in [2.24, 2.45) is 11.7 Å². The highest BCUT2D eigenvalue weighted by Gasteiger charge is 2.13. The summed E-state index contributed by atoms with van der Waals surface area (Å²) in [4.78, 5) is 11.4. The van der Waals surface area contributed by atoms with E-state index < -0.39 is 0 Å². The molecule has 0 unspecified atom stereocenters. The van der Waals surface area contributed by atoms with Gasteiger partial charge in [-0.1, -0.05) is 13.8 Å². The number of rotatable bonds is 8. The first-order chi connectivity index (χ1) is 7.07. The zero-order valence-corrected chi connectivity index (χ0v) is 10.1. The fourth-order valence-electron chi connectivity index (χ4n) is 1.33. The average molecular weight is 216 g/mol. The number of methoxy groups -OCH3 is 1. The van der Waals surface area contributed by atoms with Crippen LogP contribution in [0.25, 0.3) is 0 Å². The van der Waals surface area contributed by atoms with Crippen LogP contribution in [0.15, 0.2) is 0 Å². The summed E-state index contributed by atoms with van der Waals surface area (Å²) in [6.45, 7) is 5.55. The Balaban J connectivity index is 3.47. The van der Waals surface area contributed by atoms with E-state index >= 15 is 0 Å². The molecule has 0 heterocycles. The molecule has 0 saturated carbocycles. The second-order valence-corrected chi connectivity index (χ2v) is 4.23. The third kappa shape index (κ3) is 8.39. The molecule has 0 radical (unpaired) electrons. The summed E-state index contributed by atoms with van der Waals surface area (Å²) in [5.74, 6) is 0.417. The molecule has 15 heavy (non-hydrogen) atoms. The van der Waals surface area contributed by atoms with Crippen LogP contribution >= 0.6 is 0 Å². The van der Waals surface area contributed by atoms with Gasteiger partial charge >= 0.3 is 0 Å². The summed E-state index contributed by atoms with van der Waals surface area (Å²) in [6.07, 6.45) is 2.65. The standard InChI is InChI=1S/C11H24N2O2/c1-9(2)8-10(12)11(14)13-6-4-5-7-15-3/h9-10H,4-8,12H2,1-3H3,(H,13,14)/t10-/m0/s1. The first-order valence-corrected chi connectivity index (χ1v) is 5.60. The van der Waals surface area contributed by atoms with Gasteiger partial charge in [0.15, 0.2) is 0 Å². The molecule has 0 rings (SSSR count). The molecule has 0 aliphatic rings. The van der Waals surface area contributed by atoms with E-state index in [-0.39, 0.29) is 11.9 Å². The summed E-state index contributed by atoms with van der Waals surface area (Å²) in [5.41, 5.74) is 5.72. The molecule has 0 aromatic heterocycles. The predicted molar refractivity (Wildman–Crippen MR) is 61.6 cm³/mol. The van der Waals surface area contributed by atoms with Crippen LogP contribution in [0.5, 0.6) is 0 Å². The Labute approximate surface area is 92.6 Å². The lowest BCUT2D eigenvalue weighted by Gasteiger charge is -2.13. The van der Waals surface area contributed by atoms with Crippen molar-refractivity contribution in [3.05, 3.63) is 0 Å². The van der Waals surface area contributed by atoms with Crippen molar-refractivity contribution in [1.29, 1.82) is 0 Å². The fourth-order valence-corrected chi connectivity index (χ4v) is 1.33. The summed E-state index contributed by atoms with van der Waals surface area (Å²) in [7, 11) is 1.68. The maximum absolute atomic E-state index is 11.4. The van der Waals surface area contributed by atoms with Crippen LogP contribution < -0.4 is 11.1 Å². The molecule has 4 nitrogen and oxygen atoms in total. The Hall–Kier alpha value is -0.610. The third-order valence-electron chi connectivity index (χ3n) is 2.14. The Morgan fingerprint density at radius 2 is 2.07 bits per heavy atom. The number of nitrogens with one attached hydrogen (secondary N) is 1. The molecule has 0 aromatic rings. The maximum atomic E-state index is 11.4. The number of carbonyl (C=O) groups excluding carboxylic acids is 1. The Morgan fingerprint density at radius 1 is 1.40 bits per heavy atom. The predicted octanol–water partition coefficient (Wildman–Crippen LogP) is 0.903. The van der Waals surface area contributed by atoms with Gasteiger partial charge in [-0.05, 0) is 25.2 Å². The lowest BCUT2D eigenvalue weighted by atomic mass is 10.0. The molecule has 1 atom stereocenters. The Morgan fingerprint density at radius 3 is 2.60 bits per heavy atom. The fraction of sp³-hybridized carbons (Fsp3) is 0.909. The topological polar surface area (TPSA) is 64.3 Å². The van der Waals surface area contributed by atoms with Crippen molar-refractivity contribution >= 4 is 5.91 Å². The minimum Gasteiger partial charge on any atom is -0.385 e. The van der Waals surface area contributed by atoms with Crippen LogP contribution in [0, 0.1) is 5.92 Å². The van der Waals surface area contributed by atoms with Gasteiger partial charge in [-0.3, -0.25) is 4.79 Å². The highest BCUT2D eigenvalue weighted by Crippen LogP contribution is 2.02. The monoisotopic (exact) mass is 216 g/mol. The highest BCUT2D eigenvalue weighted by atomic mass is 16.5. The quantitative estimate of drug-likeness (QED) is 0.593. The first kappa shape index (κ1) is 14.4. The molecule has 90 valence electrons. The van der Waals surface area contributed by atoms with Gasteiger partial charge in [0.2, 0.25) is 5.91 Å². The van der Waals surface area contributed by atoms with Crippen molar-refractivity contribution in [2.45, 2.75) is 39.2 Å². The third-order valence-corrected chi connectivity index (χ3v) is 2.14. The molecule has 0 aliphatic carbocycles. The van der Waals surface area contributed by atoms with Crippen LogP contribution in [-0.2, 0) is 9.53 Å². The average Bonchev–Trinajstić information content (AvgIpc) is 2.16. The largest absolute Gasteiger partial charge is 0.385 e. The van der Waals surface area contributed by atoms with Crippen LogP contribution in [0.1, 0.15) is 33.1 Å². The van der Waals surface area contributed by atoms with Gasteiger partial charge < -0.3 is 15.8 Å². The van der Waals surface area contributed by atoms with Gasteiger partial charge in [0.1, 0.15) is 0 Å². The van der Waals surface area contributed by atoms with Crippen LogP contribution in [0.2, 0.25) is 0 Å². The number of hydrogen-bond donors (Lipinski definition) is 2. The summed E-state index contributed by atoms with van der Waals surface area (Å²) in [6, 6.07) is -0.368. The van der Waals surface area contributed by atoms with Gasteiger partial charge in [0.05, 0.1) is 6.04 Å². The zero-order chi connectivity index (χ0) is 11.7. The van der Waals surface area contributed by atoms with E-state index in [9.17, 15) is 4.79 Å². The number of nitrogens with two attached hydrogens (primary N) is 1. The Bertz CT molecular complexity index is 172. The molecular formula is C11H24N2O2. The van der Waals surface area contributed by atoms with Crippen LogP contribution in [0.3, 0.4) is 0 Å². The number of carbonyl (C=O) groups is 1. The molecule has 0 fully saturated rings. The zero-order valence-electron chi connectivity index (χ0n) is 10.1. The van der Waals surface area contributed by atoms with E-state index in [0.29, 0.717) is 12.5 Å². The van der Waals surface area contributed by atoms with E-state index in [1.807, 2.05) is 0 Å². The normalized spacial score (nSPS) is 12.9. The molecule has 3 N–H and O–H groups in total. The molecule has 0 saturated heterocycles. The van der Waals surface area contributed by atoms with Crippen LogP contribution in [0.4, 0.5) is 0 Å². The van der Waals surface area contributed by atoms with Gasteiger partial charge in [0, 0.05) is 20.3 Å². The molecule has 1 amide bonds. The van der Waals surface area contributed by atoms with Gasteiger partial charge in [-0.25, -0.2) is 0 Å². The second-order valence-electron chi connectivity index (χ2n) is 4.23. The summed E-state index contributed by atoms with van der Waals surface area (Å²) in [5, 5.41) is 2.83. The van der Waals surface area contributed by atoms with E-state index in [4.69, 9.17) is 10.5 Å². The lowest BCUT2D eigenvalue weighted by molar-refractivity contribution is -0.122. The van der Waals surface area contributed by atoms with Crippen LogP contribution in [-0.4, -0.2) is 32.2 Å². The first-order valence-electron chi connectivity index (χ1n) is 5.60. The van der Waals surface area contributed by atoms with Crippen molar-refractivity contribution in [3.63, 3.8) is 0 Å². The summed E-state index contributed by atoms with van der Waals surface area (Å²) >= 11 is 0. The van der Waals surface area contributed by atoms with Crippen molar-refractivity contribution in [2.75, 3.05) is 20.3 Å². The van der Waals surface area contributed by atoms with Crippen molar-refractivity contribution < 1.29 is 9.53 Å².